The predicted molar refractivity (Wildman–Crippen MR) is 86.2 cm³/mol. The summed E-state index contributed by atoms with van der Waals surface area (Å²) >= 11 is 0. The molecule has 0 spiro atoms. The van der Waals surface area contributed by atoms with Crippen molar-refractivity contribution < 1.29 is 13.9 Å². The van der Waals surface area contributed by atoms with E-state index in [1.807, 2.05) is 6.07 Å². The van der Waals surface area contributed by atoms with E-state index in [9.17, 15) is 0 Å². The van der Waals surface area contributed by atoms with E-state index < -0.39 is 0 Å². The Hall–Kier alpha value is -1.59. The molecule has 1 aromatic carbocycles. The van der Waals surface area contributed by atoms with Crippen molar-refractivity contribution in [3.05, 3.63) is 23.8 Å². The van der Waals surface area contributed by atoms with Gasteiger partial charge in [0.2, 0.25) is 0 Å². The molecule has 0 unspecified atom stereocenters. The minimum absolute atomic E-state index is 0.253. The zero-order valence-electron chi connectivity index (χ0n) is 13.4. The number of ether oxygens (including phenoxy) is 2. The molecule has 1 aliphatic rings. The molecule has 0 radical (unpaired) electrons. The Labute approximate surface area is 131 Å². The van der Waals surface area contributed by atoms with Crippen molar-refractivity contribution in [2.45, 2.75) is 26.2 Å². The summed E-state index contributed by atoms with van der Waals surface area (Å²) in [6, 6.07) is 6.72. The van der Waals surface area contributed by atoms with E-state index in [4.69, 9.17) is 13.9 Å². The first-order chi connectivity index (χ1) is 10.7. The molecule has 3 rings (SSSR count). The summed E-state index contributed by atoms with van der Waals surface area (Å²) in [7, 11) is 1.72. The SMILES string of the molecule is COCCc1ccc2oc(NCC3(C)CCOCC3)nc2c1. The van der Waals surface area contributed by atoms with Gasteiger partial charge < -0.3 is 19.2 Å². The van der Waals surface area contributed by atoms with E-state index in [2.05, 4.69) is 29.4 Å². The van der Waals surface area contributed by atoms with Gasteiger partial charge in [0.15, 0.2) is 5.58 Å². The van der Waals surface area contributed by atoms with Gasteiger partial charge in [0, 0.05) is 26.9 Å². The molecule has 22 heavy (non-hydrogen) atoms. The van der Waals surface area contributed by atoms with Gasteiger partial charge in [0.1, 0.15) is 5.52 Å². The number of methoxy groups -OCH3 is 1. The number of hydrogen-bond donors (Lipinski definition) is 1. The fraction of sp³-hybridized carbons (Fsp3) is 0.588. The van der Waals surface area contributed by atoms with Crippen LogP contribution in [0.25, 0.3) is 11.1 Å². The maximum atomic E-state index is 5.78. The van der Waals surface area contributed by atoms with Crippen molar-refractivity contribution in [2.75, 3.05) is 38.8 Å². The topological polar surface area (TPSA) is 56.5 Å². The number of benzene rings is 1. The van der Waals surface area contributed by atoms with Crippen LogP contribution in [0.4, 0.5) is 6.01 Å². The summed E-state index contributed by atoms with van der Waals surface area (Å²) in [6.07, 6.45) is 3.03. The third-order valence-corrected chi connectivity index (χ3v) is 4.41. The first-order valence-corrected chi connectivity index (χ1v) is 7.89. The smallest absolute Gasteiger partial charge is 0.295 e. The van der Waals surface area contributed by atoms with E-state index in [1.165, 1.54) is 5.56 Å². The summed E-state index contributed by atoms with van der Waals surface area (Å²) in [4.78, 5) is 4.55. The Kier molecular flexibility index (Phi) is 4.64. The van der Waals surface area contributed by atoms with Crippen LogP contribution < -0.4 is 5.32 Å². The van der Waals surface area contributed by atoms with Gasteiger partial charge in [-0.15, -0.1) is 0 Å². The maximum absolute atomic E-state index is 5.78. The molecule has 1 saturated heterocycles. The van der Waals surface area contributed by atoms with Crippen LogP contribution in [0.5, 0.6) is 0 Å². The molecule has 0 amide bonds. The lowest BCUT2D eigenvalue weighted by molar-refractivity contribution is 0.0298. The highest BCUT2D eigenvalue weighted by molar-refractivity contribution is 5.75. The van der Waals surface area contributed by atoms with Crippen LogP contribution in [-0.4, -0.2) is 38.5 Å². The van der Waals surface area contributed by atoms with Crippen LogP contribution in [0.1, 0.15) is 25.3 Å². The average Bonchev–Trinajstić information content (AvgIpc) is 2.94. The third-order valence-electron chi connectivity index (χ3n) is 4.41. The van der Waals surface area contributed by atoms with Crippen molar-refractivity contribution in [1.29, 1.82) is 0 Å². The Morgan fingerprint density at radius 3 is 2.91 bits per heavy atom. The molecule has 2 aromatic rings. The fourth-order valence-electron chi connectivity index (χ4n) is 2.75. The predicted octanol–water partition coefficient (Wildman–Crippen LogP) is 3.25. The second-order valence-electron chi connectivity index (χ2n) is 6.34. The Morgan fingerprint density at radius 2 is 2.14 bits per heavy atom. The molecule has 1 N–H and O–H groups in total. The monoisotopic (exact) mass is 304 g/mol. The summed E-state index contributed by atoms with van der Waals surface area (Å²) in [6.45, 7) is 5.55. The minimum Gasteiger partial charge on any atom is -0.424 e. The molecule has 5 heteroatoms. The van der Waals surface area contributed by atoms with Gasteiger partial charge in [-0.2, -0.15) is 4.98 Å². The molecule has 5 nitrogen and oxygen atoms in total. The quantitative estimate of drug-likeness (QED) is 0.888. The van der Waals surface area contributed by atoms with Crippen LogP contribution in [-0.2, 0) is 15.9 Å². The second kappa shape index (κ2) is 6.67. The van der Waals surface area contributed by atoms with Crippen LogP contribution in [0, 0.1) is 5.41 Å². The van der Waals surface area contributed by atoms with Gasteiger partial charge in [-0.05, 0) is 42.4 Å². The largest absolute Gasteiger partial charge is 0.424 e. The van der Waals surface area contributed by atoms with Crippen molar-refractivity contribution in [3.63, 3.8) is 0 Å². The van der Waals surface area contributed by atoms with E-state index >= 15 is 0 Å². The number of nitrogens with one attached hydrogen (secondary N) is 1. The number of oxazole rings is 1. The lowest BCUT2D eigenvalue weighted by Crippen LogP contribution is -2.33. The van der Waals surface area contributed by atoms with Crippen molar-refractivity contribution in [2.24, 2.45) is 5.41 Å². The normalized spacial score (nSPS) is 17.7. The standard InChI is InChI=1S/C17H24N2O3/c1-17(6-9-21-10-7-17)12-18-16-19-14-11-13(5-8-20-2)3-4-15(14)22-16/h3-4,11H,5-10,12H2,1-2H3,(H,18,19). The minimum atomic E-state index is 0.253. The number of aromatic nitrogens is 1. The van der Waals surface area contributed by atoms with Crippen molar-refractivity contribution >= 4 is 17.1 Å². The summed E-state index contributed by atoms with van der Waals surface area (Å²) in [5.41, 5.74) is 3.18. The molecule has 0 saturated carbocycles. The first kappa shape index (κ1) is 15.3. The third kappa shape index (κ3) is 3.59. The number of anilines is 1. The van der Waals surface area contributed by atoms with Crippen molar-refractivity contribution in [3.8, 4) is 0 Å². The molecule has 1 aliphatic heterocycles. The Balaban J connectivity index is 1.66. The van der Waals surface area contributed by atoms with Gasteiger partial charge in [0.05, 0.1) is 6.61 Å². The fourth-order valence-corrected chi connectivity index (χ4v) is 2.75. The molecule has 0 aliphatic carbocycles. The highest BCUT2D eigenvalue weighted by Gasteiger charge is 2.27. The van der Waals surface area contributed by atoms with Crippen LogP contribution in [0.15, 0.2) is 22.6 Å². The average molecular weight is 304 g/mol. The Bertz CT molecular complexity index is 617. The molecule has 2 heterocycles. The highest BCUT2D eigenvalue weighted by atomic mass is 16.5. The van der Waals surface area contributed by atoms with Crippen LogP contribution >= 0.6 is 0 Å². The molecular formula is C17H24N2O3. The zero-order valence-corrected chi connectivity index (χ0v) is 13.4. The van der Waals surface area contributed by atoms with Gasteiger partial charge in [0.25, 0.3) is 6.01 Å². The van der Waals surface area contributed by atoms with Gasteiger partial charge in [-0.1, -0.05) is 13.0 Å². The number of rotatable bonds is 6. The maximum Gasteiger partial charge on any atom is 0.295 e. The molecular weight excluding hydrogens is 280 g/mol. The van der Waals surface area contributed by atoms with E-state index in [0.717, 1.165) is 56.7 Å². The zero-order chi connectivity index (χ0) is 15.4. The molecule has 1 aromatic heterocycles. The highest BCUT2D eigenvalue weighted by Crippen LogP contribution is 2.30. The van der Waals surface area contributed by atoms with E-state index in [1.54, 1.807) is 7.11 Å². The number of nitrogens with zero attached hydrogens (tertiary/aromatic N) is 1. The van der Waals surface area contributed by atoms with Gasteiger partial charge in [-0.25, -0.2) is 0 Å². The van der Waals surface area contributed by atoms with Gasteiger partial charge in [-0.3, -0.25) is 0 Å². The molecule has 0 bridgehead atoms. The second-order valence-corrected chi connectivity index (χ2v) is 6.34. The lowest BCUT2D eigenvalue weighted by Gasteiger charge is -2.33. The van der Waals surface area contributed by atoms with E-state index in [-0.39, 0.29) is 5.41 Å². The number of fused-ring (bicyclic) bond motifs is 1. The number of hydrogen-bond acceptors (Lipinski definition) is 5. The van der Waals surface area contributed by atoms with E-state index in [0.29, 0.717) is 6.01 Å². The molecule has 120 valence electrons. The summed E-state index contributed by atoms with van der Waals surface area (Å²) < 4.78 is 16.3. The van der Waals surface area contributed by atoms with Crippen molar-refractivity contribution in [1.82, 2.24) is 4.98 Å². The summed E-state index contributed by atoms with van der Waals surface area (Å²) in [5, 5.41) is 3.35. The summed E-state index contributed by atoms with van der Waals surface area (Å²) in [5.74, 6) is 0. The molecule has 1 fully saturated rings. The first-order valence-electron chi connectivity index (χ1n) is 7.89. The lowest BCUT2D eigenvalue weighted by atomic mass is 9.82. The van der Waals surface area contributed by atoms with Crippen LogP contribution in [0.2, 0.25) is 0 Å². The molecule has 0 atom stereocenters. The Morgan fingerprint density at radius 1 is 1.32 bits per heavy atom. The van der Waals surface area contributed by atoms with Gasteiger partial charge >= 0.3 is 0 Å². The van der Waals surface area contributed by atoms with Crippen LogP contribution in [0.3, 0.4) is 0 Å².